The van der Waals surface area contributed by atoms with Gasteiger partial charge in [-0.3, -0.25) is 0 Å². The lowest BCUT2D eigenvalue weighted by atomic mass is 10.1. The van der Waals surface area contributed by atoms with Crippen LogP contribution in [-0.4, -0.2) is 26.1 Å². The number of carboxylic acid groups (broad SMARTS) is 1. The first-order valence-electron chi connectivity index (χ1n) is 7.86. The number of carboxylic acids is 1. The quantitative estimate of drug-likeness (QED) is 0.628. The Morgan fingerprint density at radius 1 is 1.05 bits per heavy atom. The first kappa shape index (κ1) is 16.7. The van der Waals surface area contributed by atoms with Crippen LogP contribution in [0.3, 0.4) is 0 Å². The van der Waals surface area contributed by atoms with Crippen molar-refractivity contribution >= 4 is 5.97 Å². The Labute approximate surface area is 121 Å². The van der Waals surface area contributed by atoms with Crippen LogP contribution in [-0.2, 0) is 13.0 Å². The summed E-state index contributed by atoms with van der Waals surface area (Å²) in [5.41, 5.74) is 0.890. The molecule has 0 radical (unpaired) electrons. The van der Waals surface area contributed by atoms with Crippen LogP contribution >= 0.6 is 0 Å². The van der Waals surface area contributed by atoms with Crippen molar-refractivity contribution in [3.63, 3.8) is 0 Å². The van der Waals surface area contributed by atoms with Crippen molar-refractivity contribution in [1.29, 1.82) is 0 Å². The molecule has 114 valence electrons. The van der Waals surface area contributed by atoms with Gasteiger partial charge < -0.3 is 5.11 Å². The number of hydrogen-bond acceptors (Lipinski definition) is 3. The maximum atomic E-state index is 11.1. The van der Waals surface area contributed by atoms with Crippen molar-refractivity contribution < 1.29 is 9.90 Å². The van der Waals surface area contributed by atoms with Crippen LogP contribution in [0.1, 0.15) is 81.4 Å². The molecule has 1 N–H and O–H groups in total. The van der Waals surface area contributed by atoms with Crippen LogP contribution in [0.2, 0.25) is 0 Å². The monoisotopic (exact) mass is 281 g/mol. The second-order valence-electron chi connectivity index (χ2n) is 5.28. The summed E-state index contributed by atoms with van der Waals surface area (Å²) in [6.07, 6.45) is 10.3. The number of aryl methyl sites for hydroxylation is 1. The van der Waals surface area contributed by atoms with Gasteiger partial charge in [0.05, 0.1) is 5.69 Å². The number of nitrogens with zero attached hydrogens (tertiary/aromatic N) is 3. The average molecular weight is 281 g/mol. The van der Waals surface area contributed by atoms with Crippen LogP contribution in [0.5, 0.6) is 0 Å². The summed E-state index contributed by atoms with van der Waals surface area (Å²) in [5, 5.41) is 16.9. The van der Waals surface area contributed by atoms with Gasteiger partial charge in [0.15, 0.2) is 5.69 Å². The van der Waals surface area contributed by atoms with E-state index in [1.54, 1.807) is 4.68 Å². The maximum absolute atomic E-state index is 11.1. The third-order valence-electron chi connectivity index (χ3n) is 3.50. The molecule has 0 bridgehead atoms. The fourth-order valence-electron chi connectivity index (χ4n) is 2.38. The van der Waals surface area contributed by atoms with Gasteiger partial charge >= 0.3 is 5.97 Å². The first-order chi connectivity index (χ1) is 9.70. The molecule has 0 amide bonds. The summed E-state index contributed by atoms with van der Waals surface area (Å²) in [5.74, 6) is -0.973. The SMILES string of the molecule is CCCCCCCCCn1nnc(C(=O)O)c1CCC. The largest absolute Gasteiger partial charge is 0.476 e. The molecular formula is C15H27N3O2. The van der Waals surface area contributed by atoms with Gasteiger partial charge in [-0.15, -0.1) is 5.10 Å². The van der Waals surface area contributed by atoms with Crippen LogP contribution in [0.4, 0.5) is 0 Å². The average Bonchev–Trinajstić information content (AvgIpc) is 2.81. The molecule has 5 heteroatoms. The summed E-state index contributed by atoms with van der Waals surface area (Å²) in [7, 11) is 0. The highest BCUT2D eigenvalue weighted by Gasteiger charge is 2.17. The zero-order valence-corrected chi connectivity index (χ0v) is 12.8. The van der Waals surface area contributed by atoms with Crippen molar-refractivity contribution in [3.05, 3.63) is 11.4 Å². The van der Waals surface area contributed by atoms with Gasteiger partial charge in [0, 0.05) is 6.54 Å². The minimum atomic E-state index is -0.973. The highest BCUT2D eigenvalue weighted by atomic mass is 16.4. The summed E-state index contributed by atoms with van der Waals surface area (Å²) in [4.78, 5) is 11.1. The van der Waals surface area contributed by atoms with E-state index in [0.717, 1.165) is 31.5 Å². The van der Waals surface area contributed by atoms with Crippen LogP contribution < -0.4 is 0 Å². The normalized spacial score (nSPS) is 10.9. The van der Waals surface area contributed by atoms with Crippen LogP contribution in [0, 0.1) is 0 Å². The van der Waals surface area contributed by atoms with Crippen LogP contribution in [0.25, 0.3) is 0 Å². The number of unbranched alkanes of at least 4 members (excludes halogenated alkanes) is 6. The topological polar surface area (TPSA) is 68.0 Å². The van der Waals surface area contributed by atoms with E-state index in [1.165, 1.54) is 38.5 Å². The molecule has 0 unspecified atom stereocenters. The molecule has 1 heterocycles. The molecule has 1 rings (SSSR count). The Kier molecular flexibility index (Phi) is 7.92. The van der Waals surface area contributed by atoms with Crippen LogP contribution in [0.15, 0.2) is 0 Å². The molecule has 0 aliphatic carbocycles. The van der Waals surface area contributed by atoms with Gasteiger partial charge in [-0.1, -0.05) is 64.0 Å². The lowest BCUT2D eigenvalue weighted by Gasteiger charge is -2.06. The molecule has 0 saturated heterocycles. The minimum absolute atomic E-state index is 0.120. The van der Waals surface area contributed by atoms with Gasteiger partial charge in [0.1, 0.15) is 0 Å². The molecule has 1 aromatic heterocycles. The van der Waals surface area contributed by atoms with Crippen molar-refractivity contribution in [2.45, 2.75) is 78.2 Å². The van der Waals surface area contributed by atoms with Crippen molar-refractivity contribution in [2.24, 2.45) is 0 Å². The summed E-state index contributed by atoms with van der Waals surface area (Å²) in [6, 6.07) is 0. The molecule has 0 spiro atoms. The Bertz CT molecular complexity index is 402. The highest BCUT2D eigenvalue weighted by molar-refractivity contribution is 5.86. The molecule has 0 saturated carbocycles. The van der Waals surface area contributed by atoms with E-state index in [-0.39, 0.29) is 5.69 Å². The van der Waals surface area contributed by atoms with Gasteiger partial charge in [-0.05, 0) is 12.8 Å². The fraction of sp³-hybridized carbons (Fsp3) is 0.800. The molecular weight excluding hydrogens is 254 g/mol. The van der Waals surface area contributed by atoms with E-state index in [0.29, 0.717) is 0 Å². The number of aromatic carboxylic acids is 1. The van der Waals surface area contributed by atoms with E-state index >= 15 is 0 Å². The maximum Gasteiger partial charge on any atom is 0.358 e. The van der Waals surface area contributed by atoms with Crippen molar-refractivity contribution in [2.75, 3.05) is 0 Å². The lowest BCUT2D eigenvalue weighted by Crippen LogP contribution is -2.08. The zero-order valence-electron chi connectivity index (χ0n) is 12.8. The second-order valence-corrected chi connectivity index (χ2v) is 5.28. The van der Waals surface area contributed by atoms with Gasteiger partial charge in [-0.2, -0.15) is 0 Å². The zero-order chi connectivity index (χ0) is 14.8. The van der Waals surface area contributed by atoms with Gasteiger partial charge in [0.25, 0.3) is 0 Å². The van der Waals surface area contributed by atoms with Crippen molar-refractivity contribution in [3.8, 4) is 0 Å². The third kappa shape index (κ3) is 5.31. The lowest BCUT2D eigenvalue weighted by molar-refractivity contribution is 0.0689. The van der Waals surface area contributed by atoms with E-state index < -0.39 is 5.97 Å². The highest BCUT2D eigenvalue weighted by Crippen LogP contribution is 2.12. The molecule has 20 heavy (non-hydrogen) atoms. The molecule has 0 fully saturated rings. The predicted octanol–water partition coefficient (Wildman–Crippen LogP) is 3.68. The summed E-state index contributed by atoms with van der Waals surface area (Å²) >= 11 is 0. The molecule has 0 aliphatic heterocycles. The predicted molar refractivity (Wildman–Crippen MR) is 79.0 cm³/mol. The summed E-state index contributed by atoms with van der Waals surface area (Å²) in [6.45, 7) is 5.04. The molecule has 1 aromatic rings. The Balaban J connectivity index is 2.37. The van der Waals surface area contributed by atoms with Gasteiger partial charge in [-0.25, -0.2) is 9.48 Å². The second kappa shape index (κ2) is 9.50. The third-order valence-corrected chi connectivity index (χ3v) is 3.50. The smallest absolute Gasteiger partial charge is 0.358 e. The number of rotatable bonds is 11. The number of carbonyl (C=O) groups is 1. The Morgan fingerprint density at radius 2 is 1.70 bits per heavy atom. The molecule has 0 aliphatic rings. The number of aromatic nitrogens is 3. The number of hydrogen-bond donors (Lipinski definition) is 1. The molecule has 0 atom stereocenters. The molecule has 5 nitrogen and oxygen atoms in total. The fourth-order valence-corrected chi connectivity index (χ4v) is 2.38. The molecule has 0 aromatic carbocycles. The van der Waals surface area contributed by atoms with E-state index in [1.807, 2.05) is 6.92 Å². The van der Waals surface area contributed by atoms with Crippen molar-refractivity contribution in [1.82, 2.24) is 15.0 Å². The Morgan fingerprint density at radius 3 is 2.30 bits per heavy atom. The van der Waals surface area contributed by atoms with E-state index in [4.69, 9.17) is 5.11 Å². The van der Waals surface area contributed by atoms with E-state index in [9.17, 15) is 4.79 Å². The standard InChI is InChI=1S/C15H27N3O2/c1-3-5-6-7-8-9-10-12-18-13(11-4-2)14(15(19)20)16-17-18/h3-12H2,1-2H3,(H,19,20). The minimum Gasteiger partial charge on any atom is -0.476 e. The Hall–Kier alpha value is -1.39. The summed E-state index contributed by atoms with van der Waals surface area (Å²) < 4.78 is 1.78. The van der Waals surface area contributed by atoms with Gasteiger partial charge in [0.2, 0.25) is 0 Å². The van der Waals surface area contributed by atoms with E-state index in [2.05, 4.69) is 17.2 Å². The first-order valence-corrected chi connectivity index (χ1v) is 7.86.